The van der Waals surface area contributed by atoms with Crippen molar-refractivity contribution in [3.8, 4) is 0 Å². The molecule has 0 aliphatic heterocycles. The fraction of sp³-hybridized carbons (Fsp3) is 0.478. The number of rotatable bonds is 4. The zero-order valence-corrected chi connectivity index (χ0v) is 19.7. The summed E-state index contributed by atoms with van der Waals surface area (Å²) in [6.07, 6.45) is 2.85. The summed E-state index contributed by atoms with van der Waals surface area (Å²) in [5.74, 6) is 0.0227. The first-order valence-electron chi connectivity index (χ1n) is 10.5. The Morgan fingerprint density at radius 3 is 2.81 bits per heavy atom. The summed E-state index contributed by atoms with van der Waals surface area (Å²) in [5.41, 5.74) is 1.73. The highest BCUT2D eigenvalue weighted by Gasteiger charge is 2.32. The number of esters is 1. The number of carbonyl (C=O) groups is 1. The van der Waals surface area contributed by atoms with Crippen LogP contribution in [-0.2, 0) is 29.0 Å². The molecule has 0 spiro atoms. The molecule has 1 aliphatic carbocycles. The van der Waals surface area contributed by atoms with Crippen molar-refractivity contribution in [2.24, 2.45) is 11.3 Å². The van der Waals surface area contributed by atoms with Crippen LogP contribution in [0, 0.1) is 11.3 Å². The standard InChI is InChI=1S/C23H26ClN3O3S/c1-13(22(29)30-12-14-7-5-6-8-17(14)24)27-21(28)19-16-10-9-15(23(2,3)4)11-18(16)31-20(19)25-26-27/h5-8,13,15H,9-12H2,1-4H3. The Bertz CT molecular complexity index is 1190. The Morgan fingerprint density at radius 2 is 2.10 bits per heavy atom. The third-order valence-corrected chi connectivity index (χ3v) is 7.67. The van der Waals surface area contributed by atoms with Gasteiger partial charge in [0.1, 0.15) is 6.61 Å². The molecule has 0 radical (unpaired) electrons. The molecule has 8 heteroatoms. The van der Waals surface area contributed by atoms with Gasteiger partial charge in [-0.1, -0.05) is 55.8 Å². The molecule has 3 aromatic rings. The molecule has 4 rings (SSSR count). The lowest BCUT2D eigenvalue weighted by Gasteiger charge is -2.33. The van der Waals surface area contributed by atoms with Gasteiger partial charge in [-0.15, -0.1) is 16.4 Å². The van der Waals surface area contributed by atoms with Crippen LogP contribution in [0.25, 0.3) is 10.2 Å². The van der Waals surface area contributed by atoms with Crippen molar-refractivity contribution in [3.05, 3.63) is 55.6 Å². The molecule has 2 heterocycles. The molecule has 2 unspecified atom stereocenters. The predicted molar refractivity (Wildman–Crippen MR) is 123 cm³/mol. The average molecular weight is 460 g/mol. The van der Waals surface area contributed by atoms with Crippen molar-refractivity contribution in [3.63, 3.8) is 0 Å². The molecule has 164 valence electrons. The number of thiophene rings is 1. The largest absolute Gasteiger partial charge is 0.459 e. The second-order valence-electron chi connectivity index (χ2n) is 9.20. The number of aryl methyl sites for hydroxylation is 1. The maximum atomic E-state index is 13.3. The highest BCUT2D eigenvalue weighted by molar-refractivity contribution is 7.18. The van der Waals surface area contributed by atoms with Gasteiger partial charge < -0.3 is 4.74 Å². The van der Waals surface area contributed by atoms with Crippen LogP contribution in [0.3, 0.4) is 0 Å². The molecule has 0 fully saturated rings. The van der Waals surface area contributed by atoms with Crippen LogP contribution < -0.4 is 5.56 Å². The summed E-state index contributed by atoms with van der Waals surface area (Å²) in [5, 5.41) is 9.45. The van der Waals surface area contributed by atoms with E-state index in [-0.39, 0.29) is 17.6 Å². The minimum Gasteiger partial charge on any atom is -0.459 e. The topological polar surface area (TPSA) is 74.1 Å². The van der Waals surface area contributed by atoms with Gasteiger partial charge in [-0.3, -0.25) is 4.79 Å². The second-order valence-corrected chi connectivity index (χ2v) is 10.7. The smallest absolute Gasteiger partial charge is 0.331 e. The molecule has 1 aromatic carbocycles. The van der Waals surface area contributed by atoms with E-state index in [1.54, 1.807) is 30.4 Å². The van der Waals surface area contributed by atoms with Gasteiger partial charge in [0.05, 0.1) is 5.39 Å². The van der Waals surface area contributed by atoms with E-state index in [0.29, 0.717) is 26.7 Å². The normalized spacial score (nSPS) is 17.4. The highest BCUT2D eigenvalue weighted by atomic mass is 35.5. The third kappa shape index (κ3) is 4.26. The Hall–Kier alpha value is -2.25. The number of carbonyl (C=O) groups excluding carboxylic acids is 1. The fourth-order valence-corrected chi connectivity index (χ4v) is 5.51. The van der Waals surface area contributed by atoms with Crippen molar-refractivity contribution in [1.29, 1.82) is 0 Å². The molecule has 2 atom stereocenters. The lowest BCUT2D eigenvalue weighted by Crippen LogP contribution is -2.32. The first kappa shape index (κ1) is 22.0. The molecule has 2 aromatic heterocycles. The van der Waals surface area contributed by atoms with E-state index in [2.05, 4.69) is 31.1 Å². The van der Waals surface area contributed by atoms with Crippen LogP contribution in [0.1, 0.15) is 56.2 Å². The van der Waals surface area contributed by atoms with E-state index in [1.165, 1.54) is 4.88 Å². The number of hydrogen-bond donors (Lipinski definition) is 0. The van der Waals surface area contributed by atoms with Crippen molar-refractivity contribution in [1.82, 2.24) is 15.0 Å². The highest BCUT2D eigenvalue weighted by Crippen LogP contribution is 2.41. The quantitative estimate of drug-likeness (QED) is 0.515. The molecule has 0 saturated heterocycles. The van der Waals surface area contributed by atoms with Crippen LogP contribution in [0.2, 0.25) is 5.02 Å². The Kier molecular flexibility index (Phi) is 5.92. The van der Waals surface area contributed by atoms with Gasteiger partial charge in [0.2, 0.25) is 0 Å². The van der Waals surface area contributed by atoms with Gasteiger partial charge in [0.25, 0.3) is 5.56 Å². The van der Waals surface area contributed by atoms with Crippen molar-refractivity contribution >= 4 is 39.1 Å². The summed E-state index contributed by atoms with van der Waals surface area (Å²) in [4.78, 5) is 27.7. The van der Waals surface area contributed by atoms with Crippen LogP contribution in [0.5, 0.6) is 0 Å². The van der Waals surface area contributed by atoms with Crippen molar-refractivity contribution in [2.75, 3.05) is 0 Å². The van der Waals surface area contributed by atoms with E-state index in [9.17, 15) is 9.59 Å². The summed E-state index contributed by atoms with van der Waals surface area (Å²) in [6.45, 7) is 8.43. The van der Waals surface area contributed by atoms with E-state index in [1.807, 2.05) is 12.1 Å². The summed E-state index contributed by atoms with van der Waals surface area (Å²) >= 11 is 7.67. The summed E-state index contributed by atoms with van der Waals surface area (Å²) < 4.78 is 6.53. The number of hydrogen-bond acceptors (Lipinski definition) is 6. The van der Waals surface area contributed by atoms with Crippen molar-refractivity contribution in [2.45, 2.75) is 59.6 Å². The first-order chi connectivity index (χ1) is 14.7. The van der Waals surface area contributed by atoms with Crippen molar-refractivity contribution < 1.29 is 9.53 Å². The molecular weight excluding hydrogens is 434 g/mol. The van der Waals surface area contributed by atoms with E-state index < -0.39 is 12.0 Å². The Morgan fingerprint density at radius 1 is 1.35 bits per heavy atom. The number of nitrogens with zero attached hydrogens (tertiary/aromatic N) is 3. The molecule has 0 saturated carbocycles. The summed E-state index contributed by atoms with van der Waals surface area (Å²) in [7, 11) is 0. The minimum atomic E-state index is -0.881. The Labute approximate surface area is 190 Å². The molecule has 31 heavy (non-hydrogen) atoms. The van der Waals surface area contributed by atoms with Gasteiger partial charge in [-0.25, -0.2) is 4.79 Å². The molecular formula is C23H26ClN3O3S. The third-order valence-electron chi connectivity index (χ3n) is 6.16. The lowest BCUT2D eigenvalue weighted by molar-refractivity contribution is -0.148. The van der Waals surface area contributed by atoms with Gasteiger partial charge in [-0.05, 0) is 49.1 Å². The molecule has 0 amide bonds. The van der Waals surface area contributed by atoms with Crippen LogP contribution in [-0.4, -0.2) is 21.0 Å². The summed E-state index contributed by atoms with van der Waals surface area (Å²) in [6, 6.07) is 6.29. The number of benzene rings is 1. The van der Waals surface area contributed by atoms with E-state index in [4.69, 9.17) is 16.3 Å². The van der Waals surface area contributed by atoms with Crippen LogP contribution >= 0.6 is 22.9 Å². The van der Waals surface area contributed by atoms with E-state index in [0.717, 1.165) is 29.5 Å². The van der Waals surface area contributed by atoms with E-state index >= 15 is 0 Å². The first-order valence-corrected chi connectivity index (χ1v) is 11.7. The zero-order valence-electron chi connectivity index (χ0n) is 18.1. The lowest BCUT2D eigenvalue weighted by atomic mass is 9.72. The average Bonchev–Trinajstić information content (AvgIpc) is 3.10. The maximum absolute atomic E-state index is 13.3. The second kappa shape index (κ2) is 8.36. The van der Waals surface area contributed by atoms with Crippen LogP contribution in [0.15, 0.2) is 29.1 Å². The number of ether oxygens (including phenoxy) is 1. The molecule has 6 nitrogen and oxygen atoms in total. The zero-order chi connectivity index (χ0) is 22.3. The maximum Gasteiger partial charge on any atom is 0.331 e. The Balaban J connectivity index is 1.59. The van der Waals surface area contributed by atoms with Gasteiger partial charge in [0, 0.05) is 15.5 Å². The predicted octanol–water partition coefficient (Wildman–Crippen LogP) is 4.96. The number of fused-ring (bicyclic) bond motifs is 3. The van der Waals surface area contributed by atoms with Gasteiger partial charge in [0.15, 0.2) is 10.9 Å². The molecule has 1 aliphatic rings. The molecule has 0 bridgehead atoms. The SMILES string of the molecule is CC(C(=O)OCc1ccccc1Cl)n1nnc2sc3c(c2c1=O)CCC(C(C)(C)C)C3. The van der Waals surface area contributed by atoms with Gasteiger partial charge >= 0.3 is 5.97 Å². The molecule has 0 N–H and O–H groups in total. The monoisotopic (exact) mass is 459 g/mol. The van der Waals surface area contributed by atoms with Gasteiger partial charge in [-0.2, -0.15) is 4.68 Å². The fourth-order valence-electron chi connectivity index (χ4n) is 4.08. The number of aromatic nitrogens is 3. The minimum absolute atomic E-state index is 0.0370. The van der Waals surface area contributed by atoms with Crippen LogP contribution in [0.4, 0.5) is 0 Å². The number of halogens is 1.